The fourth-order valence-corrected chi connectivity index (χ4v) is 2.68. The fourth-order valence-electron chi connectivity index (χ4n) is 2.68. The molecule has 0 aliphatic carbocycles. The minimum absolute atomic E-state index is 0.0322. The summed E-state index contributed by atoms with van der Waals surface area (Å²) < 4.78 is 15.9. The summed E-state index contributed by atoms with van der Waals surface area (Å²) in [4.78, 5) is 23.5. The van der Waals surface area contributed by atoms with Crippen LogP contribution in [0.4, 0.5) is 0 Å². The number of hydrogen-bond acceptors (Lipinski definition) is 6. The van der Waals surface area contributed by atoms with Crippen LogP contribution in [0.1, 0.15) is 31.8 Å². The van der Waals surface area contributed by atoms with Gasteiger partial charge in [0, 0.05) is 6.42 Å². The van der Waals surface area contributed by atoms with Crippen LogP contribution in [-0.2, 0) is 17.8 Å². The van der Waals surface area contributed by atoms with Crippen molar-refractivity contribution in [1.82, 2.24) is 0 Å². The van der Waals surface area contributed by atoms with Crippen LogP contribution in [0.5, 0.6) is 11.5 Å². The Balaban J connectivity index is 2.01. The van der Waals surface area contributed by atoms with Gasteiger partial charge in [0.2, 0.25) is 6.29 Å². The molecule has 0 bridgehead atoms. The van der Waals surface area contributed by atoms with Crippen molar-refractivity contribution in [3.8, 4) is 11.5 Å². The molecule has 1 heterocycles. The third kappa shape index (κ3) is 2.96. The lowest BCUT2D eigenvalue weighted by Gasteiger charge is -2.24. The maximum atomic E-state index is 12.0. The Hall–Kier alpha value is -2.86. The van der Waals surface area contributed by atoms with E-state index in [0.717, 1.165) is 5.56 Å². The molecule has 0 aromatic heterocycles. The number of carbonyl (C=O) groups excluding carboxylic acids is 2. The third-order valence-corrected chi connectivity index (χ3v) is 3.79. The number of methoxy groups -OCH3 is 1. The van der Waals surface area contributed by atoms with Crippen molar-refractivity contribution in [2.45, 2.75) is 19.3 Å². The average Bonchev–Trinajstić information content (AvgIpc) is 2.59. The smallest absolute Gasteiger partial charge is 0.340 e. The van der Waals surface area contributed by atoms with Gasteiger partial charge in [0.25, 0.3) is 0 Å². The first-order valence-electron chi connectivity index (χ1n) is 7.39. The van der Waals surface area contributed by atoms with Gasteiger partial charge in [-0.15, -0.1) is 0 Å². The molecule has 1 aliphatic rings. The number of rotatable bonds is 5. The molecule has 0 saturated heterocycles. The predicted octanol–water partition coefficient (Wildman–Crippen LogP) is 2.12. The summed E-state index contributed by atoms with van der Waals surface area (Å²) in [6.07, 6.45) is -0.646. The number of aliphatic hydroxyl groups excluding tert-OH is 1. The van der Waals surface area contributed by atoms with E-state index < -0.39 is 12.3 Å². The highest BCUT2D eigenvalue weighted by atomic mass is 16.6. The van der Waals surface area contributed by atoms with Gasteiger partial charge in [0.1, 0.15) is 6.61 Å². The number of ether oxygens (including phenoxy) is 3. The number of aldehydes is 1. The van der Waals surface area contributed by atoms with Crippen molar-refractivity contribution < 1.29 is 28.9 Å². The second kappa shape index (κ2) is 6.72. The zero-order valence-electron chi connectivity index (χ0n) is 13.0. The lowest BCUT2D eigenvalue weighted by Crippen LogP contribution is -2.28. The first-order valence-corrected chi connectivity index (χ1v) is 7.39. The normalized spacial score (nSPS) is 16.1. The Labute approximate surface area is 138 Å². The molecular formula is C18H16O6. The molecular weight excluding hydrogens is 312 g/mol. The Kier molecular flexibility index (Phi) is 4.48. The van der Waals surface area contributed by atoms with Crippen molar-refractivity contribution >= 4 is 12.3 Å². The molecule has 1 aliphatic heterocycles. The lowest BCUT2D eigenvalue weighted by molar-refractivity contribution is -0.0688. The molecule has 6 nitrogen and oxygen atoms in total. The molecule has 124 valence electrons. The Bertz CT molecular complexity index is 769. The van der Waals surface area contributed by atoms with Crippen molar-refractivity contribution in [2.24, 2.45) is 0 Å². The number of esters is 1. The maximum absolute atomic E-state index is 12.0. The second-order valence-corrected chi connectivity index (χ2v) is 5.30. The van der Waals surface area contributed by atoms with Gasteiger partial charge in [0.15, 0.2) is 17.8 Å². The van der Waals surface area contributed by atoms with E-state index in [2.05, 4.69) is 0 Å². The maximum Gasteiger partial charge on any atom is 0.340 e. The summed E-state index contributed by atoms with van der Waals surface area (Å²) in [5.74, 6) is -0.184. The van der Waals surface area contributed by atoms with Crippen LogP contribution in [0, 0.1) is 0 Å². The van der Waals surface area contributed by atoms with Gasteiger partial charge in [-0.3, -0.25) is 4.79 Å². The molecule has 24 heavy (non-hydrogen) atoms. The van der Waals surface area contributed by atoms with Crippen LogP contribution in [-0.4, -0.2) is 30.8 Å². The molecule has 1 N–H and O–H groups in total. The van der Waals surface area contributed by atoms with Gasteiger partial charge in [-0.25, -0.2) is 4.79 Å². The van der Waals surface area contributed by atoms with E-state index in [1.54, 1.807) is 0 Å². The van der Waals surface area contributed by atoms with Crippen LogP contribution < -0.4 is 9.47 Å². The Morgan fingerprint density at radius 2 is 2.08 bits per heavy atom. The molecule has 1 atom stereocenters. The number of cyclic esters (lactones) is 1. The van der Waals surface area contributed by atoms with Crippen molar-refractivity contribution in [2.75, 3.05) is 7.11 Å². The molecule has 0 radical (unpaired) electrons. The number of hydrogen-bond donors (Lipinski definition) is 1. The minimum atomic E-state index is -1.27. The number of aliphatic hydroxyl groups is 1. The van der Waals surface area contributed by atoms with E-state index in [1.165, 1.54) is 13.2 Å². The topological polar surface area (TPSA) is 82.1 Å². The standard InChI is InChI=1S/C18H16O6/c1-22-17-14(9-19)12-8-16(20)24-18(21)13(12)7-15(17)23-10-11-5-3-2-4-6-11/h2-7,9,16,20H,8,10H2,1H3. The monoisotopic (exact) mass is 328 g/mol. The second-order valence-electron chi connectivity index (χ2n) is 5.30. The molecule has 2 aromatic carbocycles. The quantitative estimate of drug-likeness (QED) is 0.669. The van der Waals surface area contributed by atoms with Crippen molar-refractivity contribution in [3.05, 3.63) is 58.7 Å². The molecule has 0 spiro atoms. The van der Waals surface area contributed by atoms with Crippen LogP contribution in [0.15, 0.2) is 36.4 Å². The summed E-state index contributed by atoms with van der Waals surface area (Å²) in [7, 11) is 1.42. The van der Waals surface area contributed by atoms with Crippen LogP contribution >= 0.6 is 0 Å². The summed E-state index contributed by atoms with van der Waals surface area (Å²) in [5, 5.41) is 9.60. The van der Waals surface area contributed by atoms with Gasteiger partial charge in [-0.2, -0.15) is 0 Å². The Morgan fingerprint density at radius 1 is 1.33 bits per heavy atom. The van der Waals surface area contributed by atoms with E-state index in [4.69, 9.17) is 14.2 Å². The van der Waals surface area contributed by atoms with Crippen LogP contribution in [0.25, 0.3) is 0 Å². The van der Waals surface area contributed by atoms with E-state index in [0.29, 0.717) is 11.8 Å². The highest BCUT2D eigenvalue weighted by Crippen LogP contribution is 2.38. The molecule has 6 heteroatoms. The van der Waals surface area contributed by atoms with Crippen LogP contribution in [0.3, 0.4) is 0 Å². The van der Waals surface area contributed by atoms with Gasteiger partial charge in [0.05, 0.1) is 18.2 Å². The SMILES string of the molecule is COc1c(OCc2ccccc2)cc2c(c1C=O)CC(O)OC2=O. The number of benzene rings is 2. The highest BCUT2D eigenvalue weighted by Gasteiger charge is 2.31. The largest absolute Gasteiger partial charge is 0.492 e. The summed E-state index contributed by atoms with van der Waals surface area (Å²) >= 11 is 0. The molecule has 1 unspecified atom stereocenters. The minimum Gasteiger partial charge on any atom is -0.492 e. The van der Waals surface area contributed by atoms with Gasteiger partial charge in [-0.05, 0) is 17.2 Å². The number of fused-ring (bicyclic) bond motifs is 1. The fraction of sp³-hybridized carbons (Fsp3) is 0.222. The molecule has 0 fully saturated rings. The van der Waals surface area contributed by atoms with E-state index in [9.17, 15) is 14.7 Å². The molecule has 2 aromatic rings. The molecule has 0 amide bonds. The van der Waals surface area contributed by atoms with Crippen molar-refractivity contribution in [3.63, 3.8) is 0 Å². The average molecular weight is 328 g/mol. The summed E-state index contributed by atoms with van der Waals surface area (Å²) in [6, 6.07) is 11.0. The van der Waals surface area contributed by atoms with Gasteiger partial charge >= 0.3 is 5.97 Å². The van der Waals surface area contributed by atoms with Crippen molar-refractivity contribution in [1.29, 1.82) is 0 Å². The predicted molar refractivity (Wildman–Crippen MR) is 84.3 cm³/mol. The van der Waals surface area contributed by atoms with E-state index >= 15 is 0 Å². The zero-order valence-corrected chi connectivity index (χ0v) is 13.0. The number of carbonyl (C=O) groups is 2. The third-order valence-electron chi connectivity index (χ3n) is 3.79. The van der Waals surface area contributed by atoms with Crippen LogP contribution in [0.2, 0.25) is 0 Å². The highest BCUT2D eigenvalue weighted by molar-refractivity contribution is 5.97. The Morgan fingerprint density at radius 3 is 2.75 bits per heavy atom. The zero-order chi connectivity index (χ0) is 17.1. The molecule has 3 rings (SSSR count). The van der Waals surface area contributed by atoms with Gasteiger partial charge in [-0.1, -0.05) is 30.3 Å². The first-order chi connectivity index (χ1) is 11.6. The lowest BCUT2D eigenvalue weighted by atomic mass is 9.95. The van der Waals surface area contributed by atoms with E-state index in [-0.39, 0.29) is 35.7 Å². The summed E-state index contributed by atoms with van der Waals surface area (Å²) in [6.45, 7) is 0.256. The summed E-state index contributed by atoms with van der Waals surface area (Å²) in [5.41, 5.74) is 1.72. The van der Waals surface area contributed by atoms with E-state index in [1.807, 2.05) is 30.3 Å². The first kappa shape index (κ1) is 16.0. The molecule has 0 saturated carbocycles. The van der Waals surface area contributed by atoms with Gasteiger partial charge < -0.3 is 19.3 Å².